The van der Waals surface area contributed by atoms with Gasteiger partial charge in [0.1, 0.15) is 12.2 Å². The fourth-order valence-corrected chi connectivity index (χ4v) is 3.12. The number of ketones is 1. The van der Waals surface area contributed by atoms with Gasteiger partial charge >= 0.3 is 0 Å². The van der Waals surface area contributed by atoms with Crippen LogP contribution in [0.5, 0.6) is 0 Å². The number of Topliss-reactive ketones (excluding diaryl/α,β-unsaturated/α-hetero) is 1. The number of morpholine rings is 1. The first-order valence-corrected chi connectivity index (χ1v) is 8.55. The molecule has 0 aliphatic carbocycles. The third-order valence-corrected chi connectivity index (χ3v) is 4.70. The summed E-state index contributed by atoms with van der Waals surface area (Å²) in [4.78, 5) is 13.8. The number of carbonyl (C=O) groups is 1. The van der Waals surface area contributed by atoms with Crippen LogP contribution in [0.4, 0.5) is 5.69 Å². The molecule has 1 heterocycles. The first-order chi connectivity index (χ1) is 11.6. The van der Waals surface area contributed by atoms with Gasteiger partial charge in [0.05, 0.1) is 17.9 Å². The van der Waals surface area contributed by atoms with Crippen molar-refractivity contribution < 1.29 is 9.53 Å². The highest BCUT2D eigenvalue weighted by Crippen LogP contribution is 2.29. The molecule has 122 valence electrons. The molecule has 5 heteroatoms. The lowest BCUT2D eigenvalue weighted by molar-refractivity contribution is 0.0398. The molecule has 0 N–H and O–H groups in total. The lowest BCUT2D eigenvalue weighted by Crippen LogP contribution is -2.38. The van der Waals surface area contributed by atoms with Gasteiger partial charge in [0.2, 0.25) is 0 Å². The van der Waals surface area contributed by atoms with Gasteiger partial charge in [0.15, 0.2) is 5.78 Å². The second-order valence-electron chi connectivity index (χ2n) is 5.76. The van der Waals surface area contributed by atoms with Crippen LogP contribution in [0.3, 0.4) is 0 Å². The van der Waals surface area contributed by atoms with E-state index in [9.17, 15) is 10.1 Å². The topological polar surface area (TPSA) is 53.3 Å². The van der Waals surface area contributed by atoms with Crippen molar-refractivity contribution in [3.63, 3.8) is 0 Å². The lowest BCUT2D eigenvalue weighted by Gasteiger charge is -2.35. The molecular formula is C19H17BrN2O2. The van der Waals surface area contributed by atoms with Crippen molar-refractivity contribution in [2.45, 2.75) is 13.0 Å². The maximum atomic E-state index is 11.7. The molecule has 1 saturated heterocycles. The first-order valence-electron chi connectivity index (χ1n) is 7.75. The minimum Gasteiger partial charge on any atom is -0.370 e. The number of carbonyl (C=O) groups excluding carboxylic acids is 1. The number of hydrogen-bond donors (Lipinski definition) is 0. The van der Waals surface area contributed by atoms with Gasteiger partial charge < -0.3 is 9.64 Å². The van der Waals surface area contributed by atoms with E-state index in [1.165, 1.54) is 6.92 Å². The Morgan fingerprint density at radius 3 is 2.71 bits per heavy atom. The van der Waals surface area contributed by atoms with Gasteiger partial charge in [-0.05, 0) is 42.8 Å². The van der Waals surface area contributed by atoms with Crippen LogP contribution in [-0.4, -0.2) is 25.5 Å². The Kier molecular flexibility index (Phi) is 4.98. The summed E-state index contributed by atoms with van der Waals surface area (Å²) in [6.45, 7) is 3.46. The minimum absolute atomic E-state index is 0.00143. The van der Waals surface area contributed by atoms with E-state index in [0.717, 1.165) is 15.7 Å². The summed E-state index contributed by atoms with van der Waals surface area (Å²) in [5, 5.41) is 9.39. The van der Waals surface area contributed by atoms with Crippen LogP contribution in [0.1, 0.15) is 34.5 Å². The molecule has 3 rings (SSSR count). The quantitative estimate of drug-likeness (QED) is 0.747. The molecule has 0 bridgehead atoms. The second kappa shape index (κ2) is 7.16. The Hall–Kier alpha value is -2.16. The van der Waals surface area contributed by atoms with Gasteiger partial charge in [-0.25, -0.2) is 0 Å². The predicted molar refractivity (Wildman–Crippen MR) is 96.2 cm³/mol. The number of hydrogen-bond acceptors (Lipinski definition) is 4. The summed E-state index contributed by atoms with van der Waals surface area (Å²) >= 11 is 3.44. The highest BCUT2D eigenvalue weighted by atomic mass is 79.9. The third-order valence-electron chi connectivity index (χ3n) is 4.17. The fourth-order valence-electron chi connectivity index (χ4n) is 2.85. The predicted octanol–water partition coefficient (Wildman–Crippen LogP) is 4.10. The molecule has 0 aromatic heterocycles. The van der Waals surface area contributed by atoms with Crippen molar-refractivity contribution in [1.29, 1.82) is 5.26 Å². The average molecular weight is 385 g/mol. The van der Waals surface area contributed by atoms with Crippen LogP contribution < -0.4 is 4.90 Å². The van der Waals surface area contributed by atoms with Crippen LogP contribution in [0.25, 0.3) is 0 Å². The Morgan fingerprint density at radius 2 is 2.04 bits per heavy atom. The van der Waals surface area contributed by atoms with Crippen molar-refractivity contribution in [2.75, 3.05) is 24.6 Å². The van der Waals surface area contributed by atoms with Crippen LogP contribution in [0.15, 0.2) is 46.9 Å². The van der Waals surface area contributed by atoms with Gasteiger partial charge in [0, 0.05) is 23.1 Å². The minimum atomic E-state index is -0.0561. The van der Waals surface area contributed by atoms with Crippen molar-refractivity contribution in [1.82, 2.24) is 0 Å². The van der Waals surface area contributed by atoms with E-state index in [0.29, 0.717) is 30.8 Å². The van der Waals surface area contributed by atoms with Crippen LogP contribution in [0, 0.1) is 11.3 Å². The average Bonchev–Trinajstić information content (AvgIpc) is 2.62. The van der Waals surface area contributed by atoms with Crippen molar-refractivity contribution in [2.24, 2.45) is 0 Å². The molecule has 1 fully saturated rings. The van der Waals surface area contributed by atoms with Crippen LogP contribution in [-0.2, 0) is 4.74 Å². The largest absolute Gasteiger partial charge is 0.370 e. The zero-order chi connectivity index (χ0) is 17.1. The summed E-state index contributed by atoms with van der Waals surface area (Å²) in [6.07, 6.45) is -0.0561. The second-order valence-corrected chi connectivity index (χ2v) is 6.67. The van der Waals surface area contributed by atoms with Gasteiger partial charge in [-0.1, -0.05) is 28.1 Å². The van der Waals surface area contributed by atoms with Crippen LogP contribution >= 0.6 is 15.9 Å². The molecule has 0 spiro atoms. The maximum Gasteiger partial charge on any atom is 0.159 e. The molecule has 0 radical (unpaired) electrons. The van der Waals surface area contributed by atoms with E-state index in [2.05, 4.69) is 26.9 Å². The van der Waals surface area contributed by atoms with Gasteiger partial charge in [-0.15, -0.1) is 0 Å². The van der Waals surface area contributed by atoms with E-state index >= 15 is 0 Å². The lowest BCUT2D eigenvalue weighted by atomic mass is 10.0. The van der Waals surface area contributed by atoms with E-state index in [1.807, 2.05) is 30.3 Å². The zero-order valence-electron chi connectivity index (χ0n) is 13.3. The third kappa shape index (κ3) is 3.50. The number of benzene rings is 2. The summed E-state index contributed by atoms with van der Waals surface area (Å²) in [6, 6.07) is 15.5. The van der Waals surface area contributed by atoms with Crippen molar-refractivity contribution >= 4 is 27.4 Å². The van der Waals surface area contributed by atoms with Gasteiger partial charge in [0.25, 0.3) is 0 Å². The first kappa shape index (κ1) is 16.7. The monoisotopic (exact) mass is 384 g/mol. The zero-order valence-corrected chi connectivity index (χ0v) is 14.9. The summed E-state index contributed by atoms with van der Waals surface area (Å²) in [5.74, 6) is -0.00143. The molecule has 2 aromatic rings. The summed E-state index contributed by atoms with van der Waals surface area (Å²) in [5.41, 5.74) is 3.10. The van der Waals surface area contributed by atoms with E-state index in [-0.39, 0.29) is 11.9 Å². The highest BCUT2D eigenvalue weighted by molar-refractivity contribution is 9.10. The number of anilines is 1. The number of halogens is 1. The number of rotatable bonds is 3. The number of nitriles is 1. The summed E-state index contributed by atoms with van der Waals surface area (Å²) < 4.78 is 6.93. The van der Waals surface area contributed by atoms with E-state index < -0.39 is 0 Å². The number of ether oxygens (including phenoxy) is 1. The maximum absolute atomic E-state index is 11.7. The molecule has 2 aromatic carbocycles. The molecule has 1 unspecified atom stereocenters. The standard InChI is InChI=1S/C19H17BrN2O2/c1-13(23)15-2-3-16(11-21)18(10-15)22-8-9-24-19(12-22)14-4-6-17(20)7-5-14/h2-7,10,19H,8-9,12H2,1H3. The Balaban J connectivity index is 1.89. The molecule has 1 atom stereocenters. The smallest absolute Gasteiger partial charge is 0.159 e. The normalized spacial score (nSPS) is 17.4. The number of nitrogens with zero attached hydrogens (tertiary/aromatic N) is 2. The van der Waals surface area contributed by atoms with Gasteiger partial charge in [-0.3, -0.25) is 4.79 Å². The molecule has 1 aliphatic heterocycles. The Labute approximate surface area is 149 Å². The van der Waals surface area contributed by atoms with Gasteiger partial charge in [-0.2, -0.15) is 5.26 Å². The van der Waals surface area contributed by atoms with E-state index in [1.54, 1.807) is 12.1 Å². The molecule has 1 aliphatic rings. The van der Waals surface area contributed by atoms with Crippen molar-refractivity contribution in [3.8, 4) is 6.07 Å². The molecule has 0 saturated carbocycles. The molecular weight excluding hydrogens is 368 g/mol. The SMILES string of the molecule is CC(=O)c1ccc(C#N)c(N2CCOC(c3ccc(Br)cc3)C2)c1. The molecule has 0 amide bonds. The fraction of sp³-hybridized carbons (Fsp3) is 0.263. The van der Waals surface area contributed by atoms with E-state index in [4.69, 9.17) is 4.74 Å². The highest BCUT2D eigenvalue weighted by Gasteiger charge is 2.24. The summed E-state index contributed by atoms with van der Waals surface area (Å²) in [7, 11) is 0. The Bertz CT molecular complexity index is 796. The molecule has 4 nitrogen and oxygen atoms in total. The van der Waals surface area contributed by atoms with Crippen LogP contribution in [0.2, 0.25) is 0 Å². The molecule has 24 heavy (non-hydrogen) atoms. The van der Waals surface area contributed by atoms with Crippen molar-refractivity contribution in [3.05, 3.63) is 63.6 Å². The Morgan fingerprint density at radius 1 is 1.29 bits per heavy atom.